The highest BCUT2D eigenvalue weighted by molar-refractivity contribution is 6.08. The van der Waals surface area contributed by atoms with E-state index in [0.717, 1.165) is 11.1 Å². The van der Waals surface area contributed by atoms with Crippen molar-refractivity contribution in [2.75, 3.05) is 14.2 Å². The van der Waals surface area contributed by atoms with Crippen LogP contribution in [0.15, 0.2) is 78.9 Å². The number of ketones is 1. The van der Waals surface area contributed by atoms with Crippen LogP contribution in [0.2, 0.25) is 0 Å². The highest BCUT2D eigenvalue weighted by Gasteiger charge is 2.10. The molecule has 142 valence electrons. The summed E-state index contributed by atoms with van der Waals surface area (Å²) in [6.45, 7) is 0.401. The Bertz CT molecular complexity index is 961. The molecule has 0 bridgehead atoms. The highest BCUT2D eigenvalue weighted by atomic mass is 16.5. The first-order valence-electron chi connectivity index (χ1n) is 8.91. The second-order valence-electron chi connectivity index (χ2n) is 6.08. The van der Waals surface area contributed by atoms with E-state index in [9.17, 15) is 4.79 Å². The number of benzene rings is 3. The average Bonchev–Trinajstić information content (AvgIpc) is 2.76. The summed E-state index contributed by atoms with van der Waals surface area (Å²) in [5, 5.41) is 0. The van der Waals surface area contributed by atoms with Crippen LogP contribution in [-0.2, 0) is 6.61 Å². The fourth-order valence-corrected chi connectivity index (χ4v) is 2.76. The maximum Gasteiger partial charge on any atom is 0.189 e. The van der Waals surface area contributed by atoms with Gasteiger partial charge in [0, 0.05) is 5.56 Å². The van der Waals surface area contributed by atoms with Gasteiger partial charge in [0.15, 0.2) is 5.78 Å². The van der Waals surface area contributed by atoms with Crippen LogP contribution in [0.5, 0.6) is 17.2 Å². The number of ether oxygens (including phenoxy) is 3. The van der Waals surface area contributed by atoms with Gasteiger partial charge in [-0.25, -0.2) is 0 Å². The summed E-state index contributed by atoms with van der Waals surface area (Å²) in [6.07, 6.45) is 3.24. The predicted molar refractivity (Wildman–Crippen MR) is 110 cm³/mol. The van der Waals surface area contributed by atoms with Gasteiger partial charge in [-0.3, -0.25) is 4.79 Å². The summed E-state index contributed by atoms with van der Waals surface area (Å²) in [5.74, 6) is 1.77. The molecule has 0 saturated carbocycles. The Balaban J connectivity index is 1.79. The van der Waals surface area contributed by atoms with Gasteiger partial charge in [0.1, 0.15) is 23.9 Å². The van der Waals surface area contributed by atoms with Crippen molar-refractivity contribution in [3.63, 3.8) is 0 Å². The Morgan fingerprint density at radius 3 is 2.36 bits per heavy atom. The summed E-state index contributed by atoms with van der Waals surface area (Å²) in [5.41, 5.74) is 2.32. The minimum Gasteiger partial charge on any atom is -0.497 e. The highest BCUT2D eigenvalue weighted by Crippen LogP contribution is 2.26. The van der Waals surface area contributed by atoms with Gasteiger partial charge in [0.2, 0.25) is 0 Å². The third kappa shape index (κ3) is 4.80. The molecular weight excluding hydrogens is 352 g/mol. The monoisotopic (exact) mass is 374 g/mol. The first kappa shape index (κ1) is 19.2. The largest absolute Gasteiger partial charge is 0.497 e. The molecule has 3 aromatic carbocycles. The lowest BCUT2D eigenvalue weighted by atomic mass is 10.1. The normalized spacial score (nSPS) is 10.6. The molecule has 28 heavy (non-hydrogen) atoms. The van der Waals surface area contributed by atoms with E-state index < -0.39 is 0 Å². The van der Waals surface area contributed by atoms with Gasteiger partial charge < -0.3 is 14.2 Å². The van der Waals surface area contributed by atoms with Crippen molar-refractivity contribution >= 4 is 11.9 Å². The molecule has 0 aliphatic heterocycles. The Hall–Kier alpha value is -3.53. The zero-order valence-electron chi connectivity index (χ0n) is 15.9. The maximum atomic E-state index is 12.8. The van der Waals surface area contributed by atoms with Crippen molar-refractivity contribution in [2.45, 2.75) is 6.61 Å². The fourth-order valence-electron chi connectivity index (χ4n) is 2.76. The number of carbonyl (C=O) groups excluding carboxylic acids is 1. The molecule has 0 radical (unpaired) electrons. The van der Waals surface area contributed by atoms with Gasteiger partial charge in [0.25, 0.3) is 0 Å². The van der Waals surface area contributed by atoms with E-state index in [1.54, 1.807) is 38.5 Å². The number of para-hydroxylation sites is 1. The summed E-state index contributed by atoms with van der Waals surface area (Å²) in [6, 6.07) is 22.5. The van der Waals surface area contributed by atoms with E-state index in [-0.39, 0.29) is 5.78 Å². The van der Waals surface area contributed by atoms with Crippen molar-refractivity contribution in [3.8, 4) is 17.2 Å². The van der Waals surface area contributed by atoms with Crippen LogP contribution in [-0.4, -0.2) is 20.0 Å². The molecule has 0 aromatic heterocycles. The number of hydrogen-bond acceptors (Lipinski definition) is 4. The lowest BCUT2D eigenvalue weighted by Crippen LogP contribution is -2.02. The molecular formula is C24H22O4. The first-order chi connectivity index (χ1) is 13.7. The van der Waals surface area contributed by atoms with Crippen molar-refractivity contribution in [1.29, 1.82) is 0 Å². The van der Waals surface area contributed by atoms with E-state index in [2.05, 4.69) is 0 Å². The van der Waals surface area contributed by atoms with Gasteiger partial charge in [-0.1, -0.05) is 42.5 Å². The molecule has 0 N–H and O–H groups in total. The molecule has 4 heteroatoms. The molecule has 0 spiro atoms. The third-order valence-electron chi connectivity index (χ3n) is 4.24. The van der Waals surface area contributed by atoms with E-state index in [1.807, 2.05) is 54.6 Å². The lowest BCUT2D eigenvalue weighted by Gasteiger charge is -2.10. The molecule has 0 unspecified atom stereocenters. The molecule has 0 aliphatic rings. The van der Waals surface area contributed by atoms with Crippen LogP contribution in [0.3, 0.4) is 0 Å². The molecule has 0 amide bonds. The summed E-state index contributed by atoms with van der Waals surface area (Å²) < 4.78 is 16.5. The minimum absolute atomic E-state index is 0.145. The van der Waals surface area contributed by atoms with Crippen molar-refractivity contribution in [3.05, 3.63) is 95.6 Å². The molecule has 0 heterocycles. The zero-order chi connectivity index (χ0) is 19.8. The number of rotatable bonds is 8. The molecule has 3 rings (SSSR count). The Morgan fingerprint density at radius 2 is 1.61 bits per heavy atom. The minimum atomic E-state index is -0.145. The van der Waals surface area contributed by atoms with Crippen LogP contribution in [0.1, 0.15) is 21.5 Å². The number of methoxy groups -OCH3 is 2. The summed E-state index contributed by atoms with van der Waals surface area (Å²) in [7, 11) is 3.19. The number of hydrogen-bond donors (Lipinski definition) is 0. The molecule has 0 fully saturated rings. The van der Waals surface area contributed by atoms with Crippen LogP contribution < -0.4 is 14.2 Å². The number of carbonyl (C=O) groups is 1. The van der Waals surface area contributed by atoms with Crippen molar-refractivity contribution in [2.24, 2.45) is 0 Å². The Labute approximate surface area is 165 Å². The quantitative estimate of drug-likeness (QED) is 0.403. The van der Waals surface area contributed by atoms with Crippen LogP contribution in [0.25, 0.3) is 6.08 Å². The molecule has 0 aliphatic carbocycles. The third-order valence-corrected chi connectivity index (χ3v) is 4.24. The molecule has 0 saturated heterocycles. The fraction of sp³-hybridized carbons (Fsp3) is 0.125. The van der Waals surface area contributed by atoms with E-state index in [0.29, 0.717) is 29.4 Å². The zero-order valence-corrected chi connectivity index (χ0v) is 15.9. The number of allylic oxidation sites excluding steroid dienone is 1. The topological polar surface area (TPSA) is 44.8 Å². The van der Waals surface area contributed by atoms with Gasteiger partial charge in [-0.2, -0.15) is 0 Å². The van der Waals surface area contributed by atoms with Crippen LogP contribution in [0.4, 0.5) is 0 Å². The average molecular weight is 374 g/mol. The predicted octanol–water partition coefficient (Wildman–Crippen LogP) is 5.18. The molecule has 0 atom stereocenters. The van der Waals surface area contributed by atoms with Crippen molar-refractivity contribution in [1.82, 2.24) is 0 Å². The van der Waals surface area contributed by atoms with E-state index in [1.165, 1.54) is 6.08 Å². The van der Waals surface area contributed by atoms with Gasteiger partial charge in [0.05, 0.1) is 19.8 Å². The standard InChI is InChI=1S/C24H22O4/c1-26-20-13-15-23(27-2)19(16-20)12-14-22(25)21-10-6-7-11-24(21)28-17-18-8-4-3-5-9-18/h3-16H,17H2,1-2H3/b14-12+. The van der Waals surface area contributed by atoms with Gasteiger partial charge in [-0.15, -0.1) is 0 Å². The maximum absolute atomic E-state index is 12.8. The SMILES string of the molecule is COc1ccc(OC)c(/C=C/C(=O)c2ccccc2OCc2ccccc2)c1. The van der Waals surface area contributed by atoms with Gasteiger partial charge in [-0.05, 0) is 48.0 Å². The van der Waals surface area contributed by atoms with E-state index in [4.69, 9.17) is 14.2 Å². The Kier molecular flexibility index (Phi) is 6.47. The van der Waals surface area contributed by atoms with Gasteiger partial charge >= 0.3 is 0 Å². The second-order valence-corrected chi connectivity index (χ2v) is 6.08. The second kappa shape index (κ2) is 9.42. The smallest absolute Gasteiger partial charge is 0.189 e. The molecule has 3 aromatic rings. The van der Waals surface area contributed by atoms with Crippen LogP contribution >= 0.6 is 0 Å². The summed E-state index contributed by atoms with van der Waals surface area (Å²) >= 11 is 0. The molecule has 4 nitrogen and oxygen atoms in total. The Morgan fingerprint density at radius 1 is 0.857 bits per heavy atom. The van der Waals surface area contributed by atoms with Crippen LogP contribution in [0, 0.1) is 0 Å². The lowest BCUT2D eigenvalue weighted by molar-refractivity contribution is 0.104. The summed E-state index contributed by atoms with van der Waals surface area (Å²) in [4.78, 5) is 12.8. The van der Waals surface area contributed by atoms with E-state index >= 15 is 0 Å². The first-order valence-corrected chi connectivity index (χ1v) is 8.91. The van der Waals surface area contributed by atoms with Crippen molar-refractivity contribution < 1.29 is 19.0 Å².